The van der Waals surface area contributed by atoms with Crippen molar-refractivity contribution >= 4 is 16.9 Å². The van der Waals surface area contributed by atoms with E-state index in [0.717, 1.165) is 41.1 Å². The Hall–Kier alpha value is -3.85. The van der Waals surface area contributed by atoms with Crippen LogP contribution in [0.25, 0.3) is 22.2 Å². The van der Waals surface area contributed by atoms with Gasteiger partial charge in [0.05, 0.1) is 17.6 Å². The fourth-order valence-corrected chi connectivity index (χ4v) is 4.50. The topological polar surface area (TPSA) is 63.5 Å². The van der Waals surface area contributed by atoms with E-state index in [1.165, 1.54) is 6.07 Å². The minimum Gasteiger partial charge on any atom is -0.434 e. The molecule has 1 aliphatic rings. The number of pyridine rings is 1. The second kappa shape index (κ2) is 10.0. The van der Waals surface area contributed by atoms with Gasteiger partial charge < -0.3 is 19.1 Å². The largest absolute Gasteiger partial charge is 0.434 e. The van der Waals surface area contributed by atoms with Crippen LogP contribution in [0.15, 0.2) is 60.8 Å². The minimum absolute atomic E-state index is 0.0523. The predicted octanol–water partition coefficient (Wildman–Crippen LogP) is 4.44. The number of likely N-dealkylation sites (N-methyl/N-ethyl adjacent to an activating group) is 1. The number of hydrogen-bond donors (Lipinski definition) is 0. The summed E-state index contributed by atoms with van der Waals surface area (Å²) >= 11 is 0. The molecule has 0 spiro atoms. The smallest absolute Gasteiger partial charge is 0.387 e. The molecule has 9 heteroatoms. The zero-order valence-corrected chi connectivity index (χ0v) is 20.2. The summed E-state index contributed by atoms with van der Waals surface area (Å²) in [4.78, 5) is 25.9. The number of hydrogen-bond acceptors (Lipinski definition) is 5. The van der Waals surface area contributed by atoms with Crippen molar-refractivity contribution in [1.82, 2.24) is 24.3 Å². The molecule has 0 saturated carbocycles. The number of ether oxygens (including phenoxy) is 1. The Balaban J connectivity index is 1.41. The molecule has 3 heterocycles. The highest BCUT2D eigenvalue weighted by molar-refractivity contribution is 5.93. The van der Waals surface area contributed by atoms with E-state index in [-0.39, 0.29) is 11.7 Å². The van der Waals surface area contributed by atoms with E-state index in [2.05, 4.69) is 21.9 Å². The molecule has 36 heavy (non-hydrogen) atoms. The first-order chi connectivity index (χ1) is 17.4. The van der Waals surface area contributed by atoms with E-state index >= 15 is 0 Å². The number of para-hydroxylation sites is 1. The molecule has 1 amide bonds. The Bertz CT molecular complexity index is 1380. The van der Waals surface area contributed by atoms with Crippen LogP contribution in [0.3, 0.4) is 0 Å². The first-order valence-corrected chi connectivity index (χ1v) is 11.8. The van der Waals surface area contributed by atoms with E-state index in [1.54, 1.807) is 30.5 Å². The number of aryl methyl sites for hydroxylation is 1. The van der Waals surface area contributed by atoms with Gasteiger partial charge in [0.15, 0.2) is 0 Å². The second-order valence-corrected chi connectivity index (χ2v) is 8.96. The molecule has 2 aromatic heterocycles. The van der Waals surface area contributed by atoms with E-state index < -0.39 is 6.61 Å². The monoisotopic (exact) mass is 491 g/mol. The summed E-state index contributed by atoms with van der Waals surface area (Å²) in [5, 5.41) is 0. The third kappa shape index (κ3) is 4.92. The summed E-state index contributed by atoms with van der Waals surface area (Å²) in [6, 6.07) is 16.3. The van der Waals surface area contributed by atoms with Gasteiger partial charge in [-0.2, -0.15) is 8.78 Å². The van der Waals surface area contributed by atoms with Crippen LogP contribution in [0.4, 0.5) is 8.78 Å². The Kier molecular flexibility index (Phi) is 6.65. The zero-order valence-electron chi connectivity index (χ0n) is 20.2. The lowest BCUT2D eigenvalue weighted by atomic mass is 10.1. The summed E-state index contributed by atoms with van der Waals surface area (Å²) in [5.74, 6) is 0.860. The van der Waals surface area contributed by atoms with Crippen molar-refractivity contribution in [3.63, 3.8) is 0 Å². The lowest BCUT2D eigenvalue weighted by Gasteiger charge is -2.32. The molecular weight excluding hydrogens is 464 g/mol. The maximum atomic E-state index is 12.9. The highest BCUT2D eigenvalue weighted by atomic mass is 19.3. The Morgan fingerprint density at radius 1 is 1.03 bits per heavy atom. The van der Waals surface area contributed by atoms with E-state index in [9.17, 15) is 13.6 Å². The van der Waals surface area contributed by atoms with Gasteiger partial charge in [-0.15, -0.1) is 0 Å². The van der Waals surface area contributed by atoms with Crippen molar-refractivity contribution in [3.05, 3.63) is 77.9 Å². The van der Waals surface area contributed by atoms with E-state index in [1.807, 2.05) is 40.7 Å². The fourth-order valence-electron chi connectivity index (χ4n) is 4.50. The van der Waals surface area contributed by atoms with Crippen LogP contribution in [-0.2, 0) is 6.54 Å². The molecule has 0 atom stereocenters. The molecule has 0 N–H and O–H groups in total. The average Bonchev–Trinajstić information content (AvgIpc) is 3.19. The molecule has 0 unspecified atom stereocenters. The first kappa shape index (κ1) is 23.9. The van der Waals surface area contributed by atoms with Gasteiger partial charge in [-0.1, -0.05) is 30.3 Å². The van der Waals surface area contributed by atoms with Gasteiger partial charge in [-0.05, 0) is 43.8 Å². The molecule has 186 valence electrons. The van der Waals surface area contributed by atoms with Crippen molar-refractivity contribution in [1.29, 1.82) is 0 Å². The van der Waals surface area contributed by atoms with Crippen LogP contribution in [-0.4, -0.2) is 70.1 Å². The van der Waals surface area contributed by atoms with Gasteiger partial charge in [0, 0.05) is 43.5 Å². The van der Waals surface area contributed by atoms with Gasteiger partial charge in [0.25, 0.3) is 5.91 Å². The van der Waals surface area contributed by atoms with Crippen LogP contribution in [0.1, 0.15) is 21.9 Å². The van der Waals surface area contributed by atoms with Crippen molar-refractivity contribution < 1.29 is 18.3 Å². The predicted molar refractivity (Wildman–Crippen MR) is 133 cm³/mol. The number of piperazine rings is 1. The number of amides is 1. The molecule has 1 fully saturated rings. The summed E-state index contributed by atoms with van der Waals surface area (Å²) in [7, 11) is 2.05. The molecule has 5 rings (SSSR count). The van der Waals surface area contributed by atoms with Gasteiger partial charge >= 0.3 is 6.61 Å². The van der Waals surface area contributed by atoms with E-state index in [4.69, 9.17) is 4.74 Å². The van der Waals surface area contributed by atoms with E-state index in [0.29, 0.717) is 30.9 Å². The summed E-state index contributed by atoms with van der Waals surface area (Å²) in [6.07, 6.45) is 1.71. The van der Waals surface area contributed by atoms with Gasteiger partial charge in [-0.25, -0.2) is 4.98 Å². The second-order valence-electron chi connectivity index (χ2n) is 8.96. The minimum atomic E-state index is -2.89. The molecule has 0 radical (unpaired) electrons. The van der Waals surface area contributed by atoms with Gasteiger partial charge in [-0.3, -0.25) is 9.78 Å². The van der Waals surface area contributed by atoms with Crippen molar-refractivity contribution in [3.8, 4) is 16.9 Å². The number of nitrogens with zero attached hydrogens (tertiary/aromatic N) is 5. The van der Waals surface area contributed by atoms with Crippen molar-refractivity contribution in [2.24, 2.45) is 0 Å². The SMILES string of the molecule is Cc1nc2ccc(-c3ccc(C(=O)N4CCN(C)CC4)nc3)cc2n1Cc1ccccc1OC(F)F. The number of rotatable bonds is 6. The summed E-state index contributed by atoms with van der Waals surface area (Å²) in [6.45, 7) is 2.44. The molecule has 0 bridgehead atoms. The quantitative estimate of drug-likeness (QED) is 0.399. The first-order valence-electron chi connectivity index (χ1n) is 11.8. The highest BCUT2D eigenvalue weighted by Crippen LogP contribution is 2.28. The molecular formula is C27H27F2N5O2. The maximum absolute atomic E-state index is 12.9. The lowest BCUT2D eigenvalue weighted by molar-refractivity contribution is -0.0504. The molecule has 1 saturated heterocycles. The number of carbonyl (C=O) groups excluding carboxylic acids is 1. The molecule has 2 aromatic carbocycles. The summed E-state index contributed by atoms with van der Waals surface area (Å²) < 4.78 is 32.4. The van der Waals surface area contributed by atoms with Crippen molar-refractivity contribution in [2.75, 3.05) is 33.2 Å². The van der Waals surface area contributed by atoms with Crippen LogP contribution in [0, 0.1) is 6.92 Å². The zero-order chi connectivity index (χ0) is 25.2. The number of alkyl halides is 2. The lowest BCUT2D eigenvalue weighted by Crippen LogP contribution is -2.47. The molecule has 0 aliphatic carbocycles. The number of fused-ring (bicyclic) bond motifs is 1. The Morgan fingerprint density at radius 3 is 2.50 bits per heavy atom. The normalized spacial score (nSPS) is 14.5. The average molecular weight is 492 g/mol. The van der Waals surface area contributed by atoms with Gasteiger partial charge in [0.1, 0.15) is 17.3 Å². The fraction of sp³-hybridized carbons (Fsp3) is 0.296. The third-order valence-electron chi connectivity index (χ3n) is 6.56. The van der Waals surface area contributed by atoms with Crippen LogP contribution < -0.4 is 4.74 Å². The standard InChI is InChI=1S/C27H27F2N5O2/c1-18-31-22-9-7-19(15-24(22)34(18)17-21-5-3-4-6-25(21)36-27(28)29)20-8-10-23(30-16-20)26(35)33-13-11-32(2)12-14-33/h3-10,15-16,27H,11-14,17H2,1-2H3. The van der Waals surface area contributed by atoms with Crippen LogP contribution in [0.5, 0.6) is 5.75 Å². The maximum Gasteiger partial charge on any atom is 0.387 e. The Morgan fingerprint density at radius 2 is 1.78 bits per heavy atom. The Labute approximate surface area is 207 Å². The summed E-state index contributed by atoms with van der Waals surface area (Å²) in [5.41, 5.74) is 4.54. The molecule has 1 aliphatic heterocycles. The number of benzene rings is 2. The number of aromatic nitrogens is 3. The van der Waals surface area contributed by atoms with Crippen LogP contribution in [0.2, 0.25) is 0 Å². The van der Waals surface area contributed by atoms with Gasteiger partial charge in [0.2, 0.25) is 0 Å². The highest BCUT2D eigenvalue weighted by Gasteiger charge is 2.21. The van der Waals surface area contributed by atoms with Crippen LogP contribution >= 0.6 is 0 Å². The number of halogens is 2. The molecule has 7 nitrogen and oxygen atoms in total. The molecule has 4 aromatic rings. The number of imidazole rings is 1. The van der Waals surface area contributed by atoms with Crippen molar-refractivity contribution in [2.45, 2.75) is 20.1 Å². The number of carbonyl (C=O) groups is 1. The third-order valence-corrected chi connectivity index (χ3v) is 6.56.